The molecule has 2 heterocycles. The summed E-state index contributed by atoms with van der Waals surface area (Å²) in [5.41, 5.74) is 0.681. The summed E-state index contributed by atoms with van der Waals surface area (Å²) in [5.74, 6) is -0.519. The van der Waals surface area contributed by atoms with Gasteiger partial charge in [0, 0.05) is 22.9 Å². The first-order chi connectivity index (χ1) is 12.2. The third-order valence-corrected chi connectivity index (χ3v) is 7.39. The van der Waals surface area contributed by atoms with E-state index in [1.165, 1.54) is 0 Å². The molecule has 1 saturated heterocycles. The second kappa shape index (κ2) is 5.72. The highest BCUT2D eigenvalue weighted by atomic mass is 35.5. The molecule has 2 aliphatic rings. The van der Waals surface area contributed by atoms with E-state index in [0.717, 1.165) is 5.56 Å². The molecular formula is C19H18ClNO4S. The maximum absolute atomic E-state index is 13.3. The van der Waals surface area contributed by atoms with Crippen molar-refractivity contribution in [3.05, 3.63) is 58.6 Å². The van der Waals surface area contributed by atoms with Crippen molar-refractivity contribution in [3.63, 3.8) is 0 Å². The fraction of sp³-hybridized carbons (Fsp3) is 0.316. The number of rotatable bonds is 2. The van der Waals surface area contributed by atoms with E-state index < -0.39 is 32.6 Å². The molecule has 2 aliphatic heterocycles. The number of fused-ring (bicyclic) bond motifs is 4. The van der Waals surface area contributed by atoms with Gasteiger partial charge in [-0.1, -0.05) is 29.3 Å². The maximum atomic E-state index is 13.3. The van der Waals surface area contributed by atoms with E-state index in [1.54, 1.807) is 49.4 Å². The standard InChI is InChI=1S/C19H18ClNO4S/c1-11-3-6-13(7-4-11)26(23,24)17-15-10-19(2,21-18(17)22)25-16-8-5-12(20)9-14(15)16/h3-9,15,17H,10H2,1-2H3,(H,21,22)/t15-,17+,19+/m0/s1. The van der Waals surface area contributed by atoms with Crippen molar-refractivity contribution < 1.29 is 17.9 Å². The summed E-state index contributed by atoms with van der Waals surface area (Å²) in [6, 6.07) is 11.6. The molecule has 0 aromatic heterocycles. The topological polar surface area (TPSA) is 72.5 Å². The predicted molar refractivity (Wildman–Crippen MR) is 98.1 cm³/mol. The van der Waals surface area contributed by atoms with Gasteiger partial charge in [-0.25, -0.2) is 8.42 Å². The SMILES string of the molecule is Cc1ccc(S(=O)(=O)[C@H]2C(=O)N[C@@]3(C)C[C@H]2c2cc(Cl)ccc2O3)cc1. The number of carbonyl (C=O) groups is 1. The van der Waals surface area contributed by atoms with Gasteiger partial charge in [-0.05, 0) is 44.2 Å². The summed E-state index contributed by atoms with van der Waals surface area (Å²) in [6.45, 7) is 3.63. The molecule has 136 valence electrons. The number of piperidine rings is 1. The van der Waals surface area contributed by atoms with Crippen molar-refractivity contribution in [1.29, 1.82) is 0 Å². The molecule has 0 aliphatic carbocycles. The molecule has 4 rings (SSSR count). The van der Waals surface area contributed by atoms with Crippen LogP contribution < -0.4 is 10.1 Å². The van der Waals surface area contributed by atoms with Crippen LogP contribution in [0.5, 0.6) is 5.75 Å². The summed E-state index contributed by atoms with van der Waals surface area (Å²) >= 11 is 6.12. The Morgan fingerprint density at radius 3 is 2.58 bits per heavy atom. The number of ether oxygens (including phenoxy) is 1. The van der Waals surface area contributed by atoms with Crippen LogP contribution in [0.4, 0.5) is 0 Å². The summed E-state index contributed by atoms with van der Waals surface area (Å²) in [6.07, 6.45) is 0.363. The zero-order valence-electron chi connectivity index (χ0n) is 14.3. The number of hydrogen-bond acceptors (Lipinski definition) is 4. The highest BCUT2D eigenvalue weighted by molar-refractivity contribution is 7.92. The van der Waals surface area contributed by atoms with E-state index in [9.17, 15) is 13.2 Å². The number of amides is 1. The molecular weight excluding hydrogens is 374 g/mol. The second-order valence-corrected chi connectivity index (χ2v) is 9.60. The fourth-order valence-electron chi connectivity index (χ4n) is 3.81. The quantitative estimate of drug-likeness (QED) is 0.853. The molecule has 0 radical (unpaired) electrons. The Hall–Kier alpha value is -2.05. The lowest BCUT2D eigenvalue weighted by atomic mass is 9.81. The minimum atomic E-state index is -3.87. The average molecular weight is 392 g/mol. The maximum Gasteiger partial charge on any atom is 0.242 e. The minimum Gasteiger partial charge on any atom is -0.468 e. The normalized spacial score (nSPS) is 27.3. The number of aryl methyl sites for hydroxylation is 1. The van der Waals surface area contributed by atoms with Gasteiger partial charge in [0.2, 0.25) is 5.91 Å². The van der Waals surface area contributed by atoms with Gasteiger partial charge >= 0.3 is 0 Å². The molecule has 1 fully saturated rings. The van der Waals surface area contributed by atoms with Gasteiger partial charge in [-0.2, -0.15) is 0 Å². The van der Waals surface area contributed by atoms with E-state index in [1.807, 2.05) is 6.92 Å². The van der Waals surface area contributed by atoms with Gasteiger partial charge in [0.1, 0.15) is 5.75 Å². The summed E-state index contributed by atoms with van der Waals surface area (Å²) in [5, 5.41) is 2.00. The van der Waals surface area contributed by atoms with Gasteiger partial charge in [0.25, 0.3) is 0 Å². The highest BCUT2D eigenvalue weighted by Crippen LogP contribution is 2.47. The molecule has 0 saturated carbocycles. The van der Waals surface area contributed by atoms with Gasteiger partial charge in [0.15, 0.2) is 20.8 Å². The summed E-state index contributed by atoms with van der Waals surface area (Å²) in [4.78, 5) is 12.9. The van der Waals surface area contributed by atoms with Crippen LogP contribution in [-0.4, -0.2) is 25.3 Å². The molecule has 2 bridgehead atoms. The van der Waals surface area contributed by atoms with Crippen molar-refractivity contribution in [3.8, 4) is 5.75 Å². The molecule has 7 heteroatoms. The lowest BCUT2D eigenvalue weighted by Gasteiger charge is -2.46. The van der Waals surface area contributed by atoms with Crippen LogP contribution in [0, 0.1) is 6.92 Å². The molecule has 2 aromatic rings. The predicted octanol–water partition coefficient (Wildman–Crippen LogP) is 3.20. The Balaban J connectivity index is 1.86. The van der Waals surface area contributed by atoms with E-state index in [4.69, 9.17) is 16.3 Å². The molecule has 26 heavy (non-hydrogen) atoms. The average Bonchev–Trinajstić information content (AvgIpc) is 2.55. The Morgan fingerprint density at radius 2 is 1.88 bits per heavy atom. The van der Waals surface area contributed by atoms with Gasteiger partial charge < -0.3 is 10.1 Å². The number of carbonyl (C=O) groups excluding carboxylic acids is 1. The third-order valence-electron chi connectivity index (χ3n) is 5.01. The largest absolute Gasteiger partial charge is 0.468 e. The monoisotopic (exact) mass is 391 g/mol. The molecule has 1 amide bonds. The Kier molecular flexibility index (Phi) is 3.82. The second-order valence-electron chi connectivity index (χ2n) is 7.09. The zero-order valence-corrected chi connectivity index (χ0v) is 15.9. The Morgan fingerprint density at radius 1 is 1.19 bits per heavy atom. The van der Waals surface area contributed by atoms with Crippen molar-refractivity contribution in [2.24, 2.45) is 0 Å². The van der Waals surface area contributed by atoms with Crippen molar-refractivity contribution in [2.75, 3.05) is 0 Å². The van der Waals surface area contributed by atoms with E-state index in [-0.39, 0.29) is 4.90 Å². The van der Waals surface area contributed by atoms with Gasteiger partial charge in [-0.15, -0.1) is 0 Å². The van der Waals surface area contributed by atoms with Gasteiger partial charge in [0.05, 0.1) is 4.90 Å². The molecule has 0 spiro atoms. The Bertz CT molecular complexity index is 1000. The van der Waals surface area contributed by atoms with E-state index >= 15 is 0 Å². The van der Waals surface area contributed by atoms with Crippen LogP contribution >= 0.6 is 11.6 Å². The number of sulfone groups is 1. The van der Waals surface area contributed by atoms with E-state index in [2.05, 4.69) is 5.32 Å². The molecule has 1 N–H and O–H groups in total. The highest BCUT2D eigenvalue weighted by Gasteiger charge is 2.54. The first-order valence-corrected chi connectivity index (χ1v) is 10.2. The van der Waals surface area contributed by atoms with Crippen molar-refractivity contribution in [2.45, 2.75) is 42.1 Å². The number of hydrogen-bond donors (Lipinski definition) is 1. The lowest BCUT2D eigenvalue weighted by molar-refractivity contribution is -0.132. The Labute approximate surface area is 157 Å². The summed E-state index contributed by atoms with van der Waals surface area (Å²) in [7, 11) is -3.87. The first kappa shape index (κ1) is 17.4. The number of nitrogens with one attached hydrogen (secondary N) is 1. The van der Waals surface area contributed by atoms with Crippen LogP contribution in [0.2, 0.25) is 5.02 Å². The van der Waals surface area contributed by atoms with Crippen LogP contribution in [0.3, 0.4) is 0 Å². The molecule has 5 nitrogen and oxygen atoms in total. The van der Waals surface area contributed by atoms with Crippen LogP contribution in [-0.2, 0) is 14.6 Å². The number of halogens is 1. The lowest BCUT2D eigenvalue weighted by Crippen LogP contribution is -2.63. The van der Waals surface area contributed by atoms with Gasteiger partial charge in [-0.3, -0.25) is 4.79 Å². The van der Waals surface area contributed by atoms with Crippen LogP contribution in [0.25, 0.3) is 0 Å². The molecule has 0 unspecified atom stereocenters. The molecule has 2 aromatic carbocycles. The molecule has 3 atom stereocenters. The fourth-order valence-corrected chi connectivity index (χ4v) is 5.81. The first-order valence-electron chi connectivity index (χ1n) is 8.31. The van der Waals surface area contributed by atoms with Crippen molar-refractivity contribution >= 4 is 27.3 Å². The van der Waals surface area contributed by atoms with Crippen molar-refractivity contribution in [1.82, 2.24) is 5.32 Å². The smallest absolute Gasteiger partial charge is 0.242 e. The summed E-state index contributed by atoms with van der Waals surface area (Å²) < 4.78 is 32.5. The van der Waals surface area contributed by atoms with E-state index in [0.29, 0.717) is 22.8 Å². The van der Waals surface area contributed by atoms with Crippen LogP contribution in [0.15, 0.2) is 47.4 Å². The van der Waals surface area contributed by atoms with Crippen LogP contribution in [0.1, 0.15) is 30.4 Å². The number of benzene rings is 2. The minimum absolute atomic E-state index is 0.141. The zero-order chi connectivity index (χ0) is 18.7. The third kappa shape index (κ3) is 2.68.